The zero-order chi connectivity index (χ0) is 15.1. The molecule has 0 saturated heterocycles. The van der Waals surface area contributed by atoms with Crippen molar-refractivity contribution in [3.05, 3.63) is 39.8 Å². The standard InChI is InChI=1S/C16H22N2O2S/c1-4-19-15-9-13(10-17-3)5-6-14(15)20-8-7-16-12(2)18-11-21-16/h5-6,9,11,17H,4,7-8,10H2,1-3H3. The maximum Gasteiger partial charge on any atom is 0.161 e. The first-order chi connectivity index (χ1) is 10.2. The Labute approximate surface area is 130 Å². The zero-order valence-electron chi connectivity index (χ0n) is 12.8. The lowest BCUT2D eigenvalue weighted by atomic mass is 10.2. The average molecular weight is 306 g/mol. The summed E-state index contributed by atoms with van der Waals surface area (Å²) in [7, 11) is 1.93. The molecule has 0 aliphatic rings. The molecular weight excluding hydrogens is 284 g/mol. The number of rotatable bonds is 8. The minimum Gasteiger partial charge on any atom is -0.490 e. The van der Waals surface area contributed by atoms with Crippen LogP contribution in [0.15, 0.2) is 23.7 Å². The van der Waals surface area contributed by atoms with Gasteiger partial charge in [0.15, 0.2) is 11.5 Å². The third-order valence-electron chi connectivity index (χ3n) is 3.12. The van der Waals surface area contributed by atoms with Gasteiger partial charge in [0.05, 0.1) is 24.4 Å². The fraction of sp³-hybridized carbons (Fsp3) is 0.438. The SMILES string of the molecule is CCOc1cc(CNC)ccc1OCCc1scnc1C. The summed E-state index contributed by atoms with van der Waals surface area (Å²) in [5.41, 5.74) is 4.16. The lowest BCUT2D eigenvalue weighted by Gasteiger charge is -2.13. The molecule has 114 valence electrons. The van der Waals surface area contributed by atoms with Gasteiger partial charge < -0.3 is 14.8 Å². The Kier molecular flexibility index (Phi) is 6.02. The van der Waals surface area contributed by atoms with Gasteiger partial charge in [-0.15, -0.1) is 11.3 Å². The molecule has 1 aromatic carbocycles. The molecule has 0 fully saturated rings. The fourth-order valence-electron chi connectivity index (χ4n) is 2.07. The van der Waals surface area contributed by atoms with Gasteiger partial charge in [0, 0.05) is 17.8 Å². The summed E-state index contributed by atoms with van der Waals surface area (Å²) in [6.07, 6.45) is 0.875. The molecule has 0 spiro atoms. The predicted molar refractivity (Wildman–Crippen MR) is 86.4 cm³/mol. The van der Waals surface area contributed by atoms with Crippen LogP contribution in [0.3, 0.4) is 0 Å². The number of nitrogens with one attached hydrogen (secondary N) is 1. The molecule has 5 heteroatoms. The van der Waals surface area contributed by atoms with Crippen molar-refractivity contribution in [1.82, 2.24) is 10.3 Å². The first-order valence-corrected chi connectivity index (χ1v) is 8.04. The van der Waals surface area contributed by atoms with Crippen LogP contribution in [0.1, 0.15) is 23.1 Å². The number of thiazole rings is 1. The summed E-state index contributed by atoms with van der Waals surface area (Å²) in [6, 6.07) is 6.08. The number of aromatic nitrogens is 1. The Morgan fingerprint density at radius 3 is 2.76 bits per heavy atom. The normalized spacial score (nSPS) is 10.6. The van der Waals surface area contributed by atoms with Gasteiger partial charge in [0.2, 0.25) is 0 Å². The minimum absolute atomic E-state index is 0.632. The third-order valence-corrected chi connectivity index (χ3v) is 4.12. The van der Waals surface area contributed by atoms with Crippen molar-refractivity contribution in [2.45, 2.75) is 26.8 Å². The van der Waals surface area contributed by atoms with Crippen molar-refractivity contribution in [3.63, 3.8) is 0 Å². The van der Waals surface area contributed by atoms with Crippen molar-refractivity contribution in [3.8, 4) is 11.5 Å². The number of hydrogen-bond donors (Lipinski definition) is 1. The largest absolute Gasteiger partial charge is 0.490 e. The monoisotopic (exact) mass is 306 g/mol. The van der Waals surface area contributed by atoms with E-state index in [1.807, 2.05) is 38.5 Å². The van der Waals surface area contributed by atoms with E-state index in [4.69, 9.17) is 9.47 Å². The third kappa shape index (κ3) is 4.44. The highest BCUT2D eigenvalue weighted by Gasteiger charge is 2.07. The Bertz CT molecular complexity index is 569. The molecule has 1 N–H and O–H groups in total. The Morgan fingerprint density at radius 1 is 1.24 bits per heavy atom. The number of ether oxygens (including phenoxy) is 2. The summed E-state index contributed by atoms with van der Waals surface area (Å²) in [5.74, 6) is 1.62. The Morgan fingerprint density at radius 2 is 2.10 bits per heavy atom. The van der Waals surface area contributed by atoms with Crippen LogP contribution in [0.25, 0.3) is 0 Å². The molecule has 4 nitrogen and oxygen atoms in total. The quantitative estimate of drug-likeness (QED) is 0.813. The molecule has 0 unspecified atom stereocenters. The molecule has 2 aromatic rings. The van der Waals surface area contributed by atoms with Gasteiger partial charge in [-0.2, -0.15) is 0 Å². The number of aryl methyl sites for hydroxylation is 1. The lowest BCUT2D eigenvalue weighted by molar-refractivity contribution is 0.279. The van der Waals surface area contributed by atoms with E-state index in [0.29, 0.717) is 13.2 Å². The van der Waals surface area contributed by atoms with E-state index >= 15 is 0 Å². The fourth-order valence-corrected chi connectivity index (χ4v) is 2.84. The molecule has 1 aromatic heterocycles. The number of benzene rings is 1. The topological polar surface area (TPSA) is 43.4 Å². The first kappa shape index (κ1) is 15.8. The van der Waals surface area contributed by atoms with E-state index in [2.05, 4.69) is 16.4 Å². The summed E-state index contributed by atoms with van der Waals surface area (Å²) in [6.45, 7) is 6.10. The van der Waals surface area contributed by atoms with E-state index in [1.165, 1.54) is 10.4 Å². The summed E-state index contributed by atoms with van der Waals surface area (Å²) in [4.78, 5) is 5.53. The zero-order valence-corrected chi connectivity index (χ0v) is 13.6. The van der Waals surface area contributed by atoms with Crippen molar-refractivity contribution in [2.24, 2.45) is 0 Å². The highest BCUT2D eigenvalue weighted by atomic mass is 32.1. The first-order valence-electron chi connectivity index (χ1n) is 7.16. The van der Waals surface area contributed by atoms with Gasteiger partial charge >= 0.3 is 0 Å². The van der Waals surface area contributed by atoms with E-state index in [0.717, 1.165) is 30.2 Å². The van der Waals surface area contributed by atoms with Crippen LogP contribution in [0.4, 0.5) is 0 Å². The van der Waals surface area contributed by atoms with E-state index in [1.54, 1.807) is 11.3 Å². The number of nitrogens with zero attached hydrogens (tertiary/aromatic N) is 1. The second-order valence-corrected chi connectivity index (χ2v) is 5.64. The van der Waals surface area contributed by atoms with Crippen LogP contribution in [-0.4, -0.2) is 25.2 Å². The molecule has 0 aliphatic carbocycles. The van der Waals surface area contributed by atoms with Gasteiger partial charge in [0.25, 0.3) is 0 Å². The van der Waals surface area contributed by atoms with Crippen LogP contribution in [0, 0.1) is 6.92 Å². The van der Waals surface area contributed by atoms with Gasteiger partial charge in [-0.05, 0) is 38.6 Å². The maximum absolute atomic E-state index is 5.88. The molecule has 0 saturated carbocycles. The highest BCUT2D eigenvalue weighted by molar-refractivity contribution is 7.09. The summed E-state index contributed by atoms with van der Waals surface area (Å²) >= 11 is 1.68. The van der Waals surface area contributed by atoms with E-state index in [-0.39, 0.29) is 0 Å². The second kappa shape index (κ2) is 8.00. The predicted octanol–water partition coefficient (Wildman–Crippen LogP) is 3.19. The Balaban J connectivity index is 1.99. The molecule has 2 rings (SSSR count). The minimum atomic E-state index is 0.632. The molecule has 21 heavy (non-hydrogen) atoms. The van der Waals surface area contributed by atoms with Crippen LogP contribution >= 0.6 is 11.3 Å². The van der Waals surface area contributed by atoms with Crippen molar-refractivity contribution in [2.75, 3.05) is 20.3 Å². The smallest absolute Gasteiger partial charge is 0.161 e. The Hall–Kier alpha value is -1.59. The van der Waals surface area contributed by atoms with E-state index < -0.39 is 0 Å². The van der Waals surface area contributed by atoms with Crippen LogP contribution in [-0.2, 0) is 13.0 Å². The second-order valence-electron chi connectivity index (χ2n) is 4.70. The van der Waals surface area contributed by atoms with Crippen LogP contribution < -0.4 is 14.8 Å². The van der Waals surface area contributed by atoms with Crippen molar-refractivity contribution < 1.29 is 9.47 Å². The lowest BCUT2D eigenvalue weighted by Crippen LogP contribution is -2.07. The van der Waals surface area contributed by atoms with Crippen molar-refractivity contribution >= 4 is 11.3 Å². The van der Waals surface area contributed by atoms with Crippen LogP contribution in [0.2, 0.25) is 0 Å². The van der Waals surface area contributed by atoms with E-state index in [9.17, 15) is 0 Å². The molecule has 0 amide bonds. The summed E-state index contributed by atoms with van der Waals surface area (Å²) in [5, 5.41) is 3.14. The molecular formula is C16H22N2O2S. The molecule has 1 heterocycles. The van der Waals surface area contributed by atoms with Gasteiger partial charge in [0.1, 0.15) is 0 Å². The molecule has 0 bridgehead atoms. The molecule has 0 aliphatic heterocycles. The maximum atomic E-state index is 5.88. The van der Waals surface area contributed by atoms with Gasteiger partial charge in [-0.1, -0.05) is 6.07 Å². The summed E-state index contributed by atoms with van der Waals surface area (Å²) < 4.78 is 11.6. The molecule has 0 atom stereocenters. The molecule has 0 radical (unpaired) electrons. The van der Waals surface area contributed by atoms with Crippen molar-refractivity contribution in [1.29, 1.82) is 0 Å². The van der Waals surface area contributed by atoms with Gasteiger partial charge in [-0.25, -0.2) is 4.98 Å². The average Bonchev–Trinajstić information content (AvgIpc) is 2.87. The van der Waals surface area contributed by atoms with Gasteiger partial charge in [-0.3, -0.25) is 0 Å². The van der Waals surface area contributed by atoms with Crippen LogP contribution in [0.5, 0.6) is 11.5 Å². The highest BCUT2D eigenvalue weighted by Crippen LogP contribution is 2.29. The number of hydrogen-bond acceptors (Lipinski definition) is 5.